The van der Waals surface area contributed by atoms with E-state index in [1.54, 1.807) is 0 Å². The zero-order chi connectivity index (χ0) is 54.9. The number of fused-ring (bicyclic) bond motifs is 8. The number of aromatic nitrogens is 2. The first-order valence-corrected chi connectivity index (χ1v) is 28.4. The zero-order valence-corrected chi connectivity index (χ0v) is 46.0. The van der Waals surface area contributed by atoms with Crippen molar-refractivity contribution >= 4 is 87.9 Å². The van der Waals surface area contributed by atoms with Crippen LogP contribution in [0.2, 0.25) is 0 Å². The van der Waals surface area contributed by atoms with Gasteiger partial charge in [-0.3, -0.25) is 0 Å². The SMILES string of the molecule is CC(C)(C)c1ccc2c(-c3ccc(Nc4ccc(-c5ccc(-c6cccc7[nH]c8ccccc8c67)cc5)cc4)cc3)c3ccccc3c(-c3ccc(Nc4ccc(-c5ccc(-c6cccc7[nH]c8ccccc8c67)cc5)cc4)cc3)c2c1. The Morgan fingerprint density at radius 3 is 0.976 bits per heavy atom. The monoisotopic (exact) mass is 1050 g/mol. The Kier molecular flexibility index (Phi) is 11.7. The third kappa shape index (κ3) is 8.73. The second-order valence-electron chi connectivity index (χ2n) is 22.8. The van der Waals surface area contributed by atoms with Gasteiger partial charge in [-0.15, -0.1) is 0 Å². The van der Waals surface area contributed by atoms with E-state index in [1.165, 1.54) is 115 Å². The van der Waals surface area contributed by atoms with E-state index < -0.39 is 0 Å². The van der Waals surface area contributed by atoms with Crippen LogP contribution in [-0.4, -0.2) is 9.97 Å². The molecule has 0 saturated carbocycles. The summed E-state index contributed by atoms with van der Waals surface area (Å²) in [6.45, 7) is 6.91. The number of benzene rings is 13. The van der Waals surface area contributed by atoms with Gasteiger partial charge in [-0.25, -0.2) is 0 Å². The molecule has 0 unspecified atom stereocenters. The molecule has 13 aromatic carbocycles. The summed E-state index contributed by atoms with van der Waals surface area (Å²) >= 11 is 0. The summed E-state index contributed by atoms with van der Waals surface area (Å²) < 4.78 is 0. The van der Waals surface area contributed by atoms with Gasteiger partial charge < -0.3 is 20.6 Å². The van der Waals surface area contributed by atoms with Crippen molar-refractivity contribution < 1.29 is 0 Å². The standard InChI is InChI=1S/C78H58N4/c1-78(2,3)57-38-47-66-69(48-57)75(56-36-45-61(46-37-56)80-59-41-32-52(33-42-59)50-24-28-54(29-25-50)63-17-11-21-73-77(63)68-15-7-9-19-71(68)82-73)65-13-5-4-12-64(65)74(66)55-34-43-60(44-35-55)79-58-39-30-51(31-40-58)49-22-26-53(27-23-49)62-16-10-20-72-76(62)67-14-6-8-18-70(67)81-72/h4-48,79-82H,1-3H3. The van der Waals surface area contributed by atoms with Crippen molar-refractivity contribution in [2.45, 2.75) is 26.2 Å². The highest BCUT2D eigenvalue weighted by Crippen LogP contribution is 2.46. The molecule has 0 amide bonds. The molecule has 0 aliphatic heterocycles. The van der Waals surface area contributed by atoms with Gasteiger partial charge in [0.15, 0.2) is 0 Å². The van der Waals surface area contributed by atoms with E-state index in [-0.39, 0.29) is 5.41 Å². The predicted octanol–water partition coefficient (Wildman–Crippen LogP) is 22.0. The molecule has 0 fully saturated rings. The number of H-pyrrole nitrogens is 2. The normalized spacial score (nSPS) is 11.8. The molecule has 0 spiro atoms. The highest BCUT2D eigenvalue weighted by atomic mass is 14.9. The van der Waals surface area contributed by atoms with E-state index >= 15 is 0 Å². The molecule has 2 heterocycles. The Balaban J connectivity index is 0.673. The van der Waals surface area contributed by atoms with Crippen LogP contribution < -0.4 is 10.6 Å². The molecule has 0 aliphatic carbocycles. The summed E-state index contributed by atoms with van der Waals surface area (Å²) in [6, 6.07) is 99.5. The minimum atomic E-state index is -0.0255. The molecule has 0 saturated heterocycles. The second-order valence-corrected chi connectivity index (χ2v) is 22.8. The van der Waals surface area contributed by atoms with Gasteiger partial charge in [0, 0.05) is 66.4 Å². The predicted molar refractivity (Wildman–Crippen MR) is 351 cm³/mol. The van der Waals surface area contributed by atoms with Crippen molar-refractivity contribution in [2.75, 3.05) is 10.6 Å². The summed E-state index contributed by atoms with van der Waals surface area (Å²) in [5, 5.41) is 17.4. The van der Waals surface area contributed by atoms with E-state index in [1.807, 2.05) is 0 Å². The van der Waals surface area contributed by atoms with Gasteiger partial charge in [-0.05, 0) is 178 Å². The lowest BCUT2D eigenvalue weighted by Crippen LogP contribution is -2.10. The van der Waals surface area contributed by atoms with Crippen LogP contribution >= 0.6 is 0 Å². The van der Waals surface area contributed by atoms with Crippen molar-refractivity contribution in [3.8, 4) is 66.8 Å². The lowest BCUT2D eigenvalue weighted by Gasteiger charge is -2.23. The van der Waals surface area contributed by atoms with Crippen molar-refractivity contribution in [1.29, 1.82) is 0 Å². The molecule has 4 nitrogen and oxygen atoms in total. The molecule has 15 rings (SSSR count). The van der Waals surface area contributed by atoms with Crippen LogP contribution in [0.4, 0.5) is 22.7 Å². The Morgan fingerprint density at radius 2 is 0.573 bits per heavy atom. The summed E-state index contributed by atoms with van der Waals surface area (Å²) in [6.07, 6.45) is 0. The van der Waals surface area contributed by atoms with Gasteiger partial charge in [0.1, 0.15) is 0 Å². The van der Waals surface area contributed by atoms with Crippen LogP contribution in [-0.2, 0) is 5.41 Å². The zero-order valence-electron chi connectivity index (χ0n) is 46.0. The summed E-state index contributed by atoms with van der Waals surface area (Å²) in [7, 11) is 0. The highest BCUT2D eigenvalue weighted by Gasteiger charge is 2.21. The third-order valence-electron chi connectivity index (χ3n) is 16.7. The van der Waals surface area contributed by atoms with Crippen LogP contribution in [0.5, 0.6) is 0 Å². The summed E-state index contributed by atoms with van der Waals surface area (Å²) in [5.74, 6) is 0. The Hall–Kier alpha value is -10.4. The summed E-state index contributed by atoms with van der Waals surface area (Å²) in [5.41, 5.74) is 24.6. The third-order valence-corrected chi connectivity index (χ3v) is 16.7. The van der Waals surface area contributed by atoms with Crippen LogP contribution in [0.1, 0.15) is 26.3 Å². The maximum absolute atomic E-state index is 3.69. The second kappa shape index (κ2) is 19.7. The fraction of sp³-hybridized carbons (Fsp3) is 0.0513. The van der Waals surface area contributed by atoms with Crippen LogP contribution in [0.25, 0.3) is 132 Å². The van der Waals surface area contributed by atoms with Crippen molar-refractivity contribution in [3.05, 3.63) is 279 Å². The minimum Gasteiger partial charge on any atom is -0.356 e. The first-order valence-electron chi connectivity index (χ1n) is 28.4. The summed E-state index contributed by atoms with van der Waals surface area (Å²) in [4.78, 5) is 7.18. The van der Waals surface area contributed by atoms with E-state index in [2.05, 4.69) is 314 Å². The first-order chi connectivity index (χ1) is 40.2. The number of rotatable bonds is 10. The molecule has 82 heavy (non-hydrogen) atoms. The Morgan fingerprint density at radius 1 is 0.256 bits per heavy atom. The molecular weight excluding hydrogens is 993 g/mol. The first kappa shape index (κ1) is 48.7. The van der Waals surface area contributed by atoms with Crippen LogP contribution in [0.15, 0.2) is 273 Å². The fourth-order valence-electron chi connectivity index (χ4n) is 12.5. The molecule has 0 aliphatic rings. The molecule has 15 aromatic rings. The fourth-order valence-corrected chi connectivity index (χ4v) is 12.5. The Labute approximate surface area is 477 Å². The molecule has 0 atom stereocenters. The van der Waals surface area contributed by atoms with E-state index in [4.69, 9.17) is 0 Å². The molecule has 4 heteroatoms. The van der Waals surface area contributed by atoms with Gasteiger partial charge in [0.2, 0.25) is 0 Å². The lowest BCUT2D eigenvalue weighted by atomic mass is 9.81. The number of nitrogens with one attached hydrogen (secondary N) is 4. The minimum absolute atomic E-state index is 0.0255. The number of anilines is 4. The highest BCUT2D eigenvalue weighted by molar-refractivity contribution is 6.22. The van der Waals surface area contributed by atoms with Gasteiger partial charge >= 0.3 is 0 Å². The number of para-hydroxylation sites is 2. The molecule has 0 radical (unpaired) electrons. The number of hydrogen-bond acceptors (Lipinski definition) is 2. The van der Waals surface area contributed by atoms with E-state index in [0.29, 0.717) is 0 Å². The number of aromatic amines is 2. The molecular formula is C78H58N4. The van der Waals surface area contributed by atoms with E-state index in [9.17, 15) is 0 Å². The molecule has 4 N–H and O–H groups in total. The average Bonchev–Trinajstić information content (AvgIpc) is 2.53. The quantitative estimate of drug-likeness (QED) is 0.103. The van der Waals surface area contributed by atoms with Gasteiger partial charge in [-0.2, -0.15) is 0 Å². The maximum atomic E-state index is 3.69. The lowest BCUT2D eigenvalue weighted by molar-refractivity contribution is 0.591. The van der Waals surface area contributed by atoms with Crippen molar-refractivity contribution in [2.24, 2.45) is 0 Å². The molecule has 0 bridgehead atoms. The maximum Gasteiger partial charge on any atom is 0.0471 e. The Bertz CT molecular complexity index is 4880. The largest absolute Gasteiger partial charge is 0.356 e. The smallest absolute Gasteiger partial charge is 0.0471 e. The molecule has 390 valence electrons. The van der Waals surface area contributed by atoms with E-state index in [0.717, 1.165) is 44.8 Å². The average molecular weight is 1050 g/mol. The van der Waals surface area contributed by atoms with Crippen molar-refractivity contribution in [1.82, 2.24) is 9.97 Å². The van der Waals surface area contributed by atoms with Gasteiger partial charge in [0.05, 0.1) is 0 Å². The van der Waals surface area contributed by atoms with Crippen LogP contribution in [0, 0.1) is 0 Å². The van der Waals surface area contributed by atoms with Gasteiger partial charge in [-0.1, -0.05) is 215 Å². The van der Waals surface area contributed by atoms with Gasteiger partial charge in [0.25, 0.3) is 0 Å². The van der Waals surface area contributed by atoms with Crippen molar-refractivity contribution in [3.63, 3.8) is 0 Å². The molecule has 2 aromatic heterocycles. The number of hydrogen-bond donors (Lipinski definition) is 4. The topological polar surface area (TPSA) is 55.6 Å². The van der Waals surface area contributed by atoms with Crippen LogP contribution in [0.3, 0.4) is 0 Å².